The number of aryl methyl sites for hydroxylation is 6. The summed E-state index contributed by atoms with van der Waals surface area (Å²) in [5.41, 5.74) is 25.1. The van der Waals surface area contributed by atoms with Crippen molar-refractivity contribution in [1.82, 2.24) is 48.4 Å². The van der Waals surface area contributed by atoms with E-state index >= 15 is 0 Å². The van der Waals surface area contributed by atoms with Gasteiger partial charge in [0.25, 0.3) is 5.91 Å². The summed E-state index contributed by atoms with van der Waals surface area (Å²) < 4.78 is 8.97. The van der Waals surface area contributed by atoms with Gasteiger partial charge in [-0.3, -0.25) is 9.59 Å². The van der Waals surface area contributed by atoms with E-state index in [-0.39, 0.29) is 104 Å². The Kier molecular flexibility index (Phi) is 23.2. The lowest BCUT2D eigenvalue weighted by atomic mass is 9.58. The number of allylic oxidation sites excluding steroid dienone is 9. The number of ketones is 4. The van der Waals surface area contributed by atoms with Crippen LogP contribution >= 0.6 is 0 Å². The van der Waals surface area contributed by atoms with Crippen LogP contribution in [0.1, 0.15) is 174 Å². The minimum absolute atomic E-state index is 0.0194. The first-order valence-corrected chi connectivity index (χ1v) is 42.2. The minimum atomic E-state index is -0.645. The predicted octanol–water partition coefficient (Wildman–Crippen LogP) is 18.0. The number of hydrogen-bond donors (Lipinski definition) is 2. The van der Waals surface area contributed by atoms with Crippen molar-refractivity contribution in [1.29, 1.82) is 0 Å². The first-order chi connectivity index (χ1) is 57.2. The lowest BCUT2D eigenvalue weighted by Crippen LogP contribution is -2.47. The molecule has 3 N–H and O–H groups in total. The molecule has 9 aromatic rings. The molecular formula is C101H110N14O5. The molecule has 0 fully saturated rings. The number of carbonyl (C=O) groups excluding carboxylic acids is 5. The Morgan fingerprint density at radius 2 is 0.775 bits per heavy atom. The maximum atomic E-state index is 12.6. The summed E-state index contributed by atoms with van der Waals surface area (Å²) in [4.78, 5) is 94.9. The average molecular weight is 1600 g/mol. The van der Waals surface area contributed by atoms with Crippen molar-refractivity contribution in [2.24, 2.45) is 53.1 Å². The van der Waals surface area contributed by atoms with Gasteiger partial charge in [-0.05, 0) is 199 Å². The second-order valence-corrected chi connectivity index (χ2v) is 35.2. The molecule has 4 aromatic heterocycles. The van der Waals surface area contributed by atoms with Crippen molar-refractivity contribution in [3.05, 3.63) is 319 Å². The average Bonchev–Trinajstić information content (AvgIpc) is 1.50. The zero-order valence-corrected chi connectivity index (χ0v) is 72.0. The molecule has 4 heterocycles. The molecule has 0 saturated heterocycles. The Labute approximate surface area is 706 Å². The van der Waals surface area contributed by atoms with Crippen molar-refractivity contribution in [3.63, 3.8) is 0 Å². The molecule has 1 amide bonds. The second kappa shape index (κ2) is 33.1. The lowest BCUT2D eigenvalue weighted by Gasteiger charge is -2.44. The number of amides is 1. The molecule has 8 aliphatic rings. The quantitative estimate of drug-likeness (QED) is 0.0772. The zero-order chi connectivity index (χ0) is 85.9. The number of nitrogens with one attached hydrogen (secondary N) is 1. The largest absolute Gasteiger partial charge is 0.392 e. The lowest BCUT2D eigenvalue weighted by molar-refractivity contribution is -0.126. The van der Waals surface area contributed by atoms with E-state index in [1.165, 1.54) is 39.3 Å². The van der Waals surface area contributed by atoms with Crippen molar-refractivity contribution in [2.45, 2.75) is 182 Å². The Hall–Kier alpha value is -12.4. The molecule has 0 unspecified atom stereocenters. The standard InChI is InChI=1S/C27H32N4O.C27H25N3O.C26H30N4O.C21H23N3O2/c1-17(30(6)7)11-12-20-9-8-10-21(15-20)31-19(3)29-26-24(31)14-13-22-18(2)25(32)23(28-5)16-27(22,26)4;1-17-22-14-15-24-26(27(22,3)16-23(28-4)25(17)31)29-18(2)30(24)21-12-10-20(11-13-21)19-8-6-5-7-9-19;1-16(27-5)10-11-19-8-7-9-20(14-19)30-18(3)29-25-23(30)13-12-21-17(2)24(31)22(28-6)15-26(21,25)4;1-12-16-9-10-17-19(21(16,3)11-15(18(12)25)20(22)26)23-13(2)24(17)14-7-5-4-6-8-14/h8-10,15-16,18,22H,1,11-14H2,2-4,6-7H3;5-13,16-17,22H,14-15H2,1-3H3;7-9,14-15,17,21,27H,1,10-13H2,2-5H3;4-8,11-12,16H,9-10H2,1-3H3,(H2,22,26)/t18-,22-,27-;17-,22-,27-;17-,21-,26-;12-,16-,21-/m0000/s1. The molecule has 0 bridgehead atoms. The van der Waals surface area contributed by atoms with Crippen LogP contribution in [0.3, 0.4) is 0 Å². The van der Waals surface area contributed by atoms with Crippen LogP contribution in [0.25, 0.3) is 48.4 Å². The van der Waals surface area contributed by atoms with Gasteiger partial charge in [0.1, 0.15) is 23.3 Å². The molecule has 0 spiro atoms. The predicted molar refractivity (Wildman–Crippen MR) is 471 cm³/mol. The van der Waals surface area contributed by atoms with Gasteiger partial charge in [0.2, 0.25) is 17.1 Å². The van der Waals surface area contributed by atoms with Gasteiger partial charge in [0, 0.05) is 123 Å². The van der Waals surface area contributed by atoms with Gasteiger partial charge in [0.15, 0.2) is 23.1 Å². The molecule has 5 aromatic carbocycles. The Balaban J connectivity index is 0.000000131. The highest BCUT2D eigenvalue weighted by Gasteiger charge is 2.55. The van der Waals surface area contributed by atoms with E-state index in [1.807, 2.05) is 119 Å². The number of primary amides is 1. The van der Waals surface area contributed by atoms with Crippen LogP contribution in [0.5, 0.6) is 0 Å². The molecular weight excluding hydrogens is 1490 g/mol. The topological polar surface area (TPSA) is 211 Å². The third kappa shape index (κ3) is 14.8. The summed E-state index contributed by atoms with van der Waals surface area (Å²) in [7, 11) is 5.96. The van der Waals surface area contributed by atoms with Gasteiger partial charge >= 0.3 is 0 Å². The number of carbonyl (C=O) groups is 5. The van der Waals surface area contributed by atoms with Crippen LogP contribution in [0.15, 0.2) is 205 Å². The Morgan fingerprint density at radius 1 is 0.458 bits per heavy atom. The van der Waals surface area contributed by atoms with Crippen LogP contribution in [-0.4, -0.2) is 93.3 Å². The summed E-state index contributed by atoms with van der Waals surface area (Å²) in [6.45, 7) is 55.1. The summed E-state index contributed by atoms with van der Waals surface area (Å²) in [6.07, 6.45) is 18.3. The summed E-state index contributed by atoms with van der Waals surface area (Å²) in [6, 6.07) is 46.4. The van der Waals surface area contributed by atoms with E-state index in [2.05, 4.69) is 193 Å². The van der Waals surface area contributed by atoms with E-state index < -0.39 is 16.7 Å². The van der Waals surface area contributed by atoms with Crippen LogP contribution in [0, 0.1) is 94.8 Å². The monoisotopic (exact) mass is 1600 g/mol. The van der Waals surface area contributed by atoms with E-state index in [0.29, 0.717) is 0 Å². The molecule has 120 heavy (non-hydrogen) atoms. The van der Waals surface area contributed by atoms with Crippen LogP contribution < -0.4 is 11.1 Å². The molecule has 614 valence electrons. The number of nitrogens with zero attached hydrogens (tertiary/aromatic N) is 12. The number of hydrogen-bond acceptors (Lipinski definition) is 11. The van der Waals surface area contributed by atoms with E-state index in [0.717, 1.165) is 163 Å². The molecule has 0 aliphatic heterocycles. The highest BCUT2D eigenvalue weighted by atomic mass is 16.2. The van der Waals surface area contributed by atoms with Crippen molar-refractivity contribution >= 4 is 29.0 Å². The van der Waals surface area contributed by atoms with E-state index in [1.54, 1.807) is 6.08 Å². The molecule has 19 nitrogen and oxygen atoms in total. The summed E-state index contributed by atoms with van der Waals surface area (Å²) in [5, 5.41) is 3.11. The normalized spacial score (nSPS) is 25.2. The second-order valence-electron chi connectivity index (χ2n) is 35.2. The van der Waals surface area contributed by atoms with Gasteiger partial charge in [0.05, 0.1) is 48.1 Å². The van der Waals surface area contributed by atoms with Crippen LogP contribution in [0.2, 0.25) is 0 Å². The van der Waals surface area contributed by atoms with Gasteiger partial charge in [-0.15, -0.1) is 0 Å². The maximum Gasteiger partial charge on any atom is 0.252 e. The fourth-order valence-corrected chi connectivity index (χ4v) is 21.4. The number of para-hydroxylation sites is 1. The number of rotatable bonds is 14. The molecule has 0 saturated carbocycles. The zero-order valence-electron chi connectivity index (χ0n) is 72.0. The Morgan fingerprint density at radius 3 is 1.12 bits per heavy atom. The summed E-state index contributed by atoms with van der Waals surface area (Å²) in [5.74, 6) is 2.91. The molecule has 0 radical (unpaired) electrons. The highest BCUT2D eigenvalue weighted by molar-refractivity contribution is 6.20. The molecule has 19 heteroatoms. The van der Waals surface area contributed by atoms with Crippen molar-refractivity contribution in [3.8, 4) is 33.9 Å². The fourth-order valence-electron chi connectivity index (χ4n) is 21.4. The van der Waals surface area contributed by atoms with Gasteiger partial charge in [-0.25, -0.2) is 34.5 Å². The minimum Gasteiger partial charge on any atom is -0.392 e. The third-order valence-electron chi connectivity index (χ3n) is 27.9. The number of benzene rings is 5. The van der Waals surface area contributed by atoms with Crippen molar-refractivity contribution in [2.75, 3.05) is 21.1 Å². The van der Waals surface area contributed by atoms with E-state index in [9.17, 15) is 24.0 Å². The number of fused-ring (bicyclic) bond motifs is 12. The molecule has 17 rings (SSSR count). The number of nitrogens with two attached hydrogens (primary N) is 1. The van der Waals surface area contributed by atoms with Gasteiger partial charge < -0.3 is 48.6 Å². The Bertz CT molecular complexity index is 5920. The maximum absolute atomic E-state index is 12.6. The van der Waals surface area contributed by atoms with Crippen molar-refractivity contribution < 1.29 is 24.0 Å². The molecule has 8 aliphatic carbocycles. The third-order valence-corrected chi connectivity index (χ3v) is 27.9. The van der Waals surface area contributed by atoms with Gasteiger partial charge in [-0.2, -0.15) is 0 Å². The number of imidazole rings is 4. The molecule has 12 atom stereocenters. The first-order valence-electron chi connectivity index (χ1n) is 42.2. The number of Topliss-reactive ketones (excluding diaryl/α,β-unsaturated/α-hetero) is 4. The fraction of sp³-hybridized carbons (Fsp3) is 0.386. The van der Waals surface area contributed by atoms with Crippen LogP contribution in [-0.2, 0) is 84.2 Å². The summed E-state index contributed by atoms with van der Waals surface area (Å²) >= 11 is 0. The highest BCUT2D eigenvalue weighted by Crippen LogP contribution is 2.55. The smallest absolute Gasteiger partial charge is 0.252 e. The number of aromatic nitrogens is 8. The van der Waals surface area contributed by atoms with Gasteiger partial charge in [-0.1, -0.05) is 178 Å². The van der Waals surface area contributed by atoms with E-state index in [4.69, 9.17) is 45.4 Å². The SMILES string of the molecule is Cc1nc2c(n1-c1ccccc1)CC[C@H]1[C@H](C)C(=O)C(C(N)=O)=C[C@]21C.[C-]#[N+]C1=C[C@]2(C)c3nc(C)n(-c4ccc(-c5ccccc5)cc4)c3CC[C@H]2[C@H](C)C1=O.[C-]#[N+]C1=C[C@]2(C)c3nc(C)n(-c4cccc(CCC(=C)N(C)C)c4)c3CC[C@H]2[C@H](C)C1=O.[C-]#[N+]C1=C[C@]2(C)c3nc(C)n(-c4cccc(CCC(=C)NC)c4)c3CC[C@H]2[C@H](C)C1=O. The van der Waals surface area contributed by atoms with Crippen LogP contribution in [0.4, 0.5) is 0 Å². The first kappa shape index (κ1) is 84.1.